The summed E-state index contributed by atoms with van der Waals surface area (Å²) < 4.78 is 0. The van der Waals surface area contributed by atoms with Gasteiger partial charge < -0.3 is 5.11 Å². The Morgan fingerprint density at radius 2 is 1.57 bits per heavy atom. The standard InChI is InChI=1S/C4H10O.BrH.Ti/c1-4(2)3-5;;/h4-5H,3H2,1-2H3;1H;. The zero-order chi connectivity index (χ0) is 4.28. The van der Waals surface area contributed by atoms with E-state index in [-0.39, 0.29) is 38.7 Å². The normalized spacial score (nSPS) is 6.86. The summed E-state index contributed by atoms with van der Waals surface area (Å²) in [7, 11) is 0. The minimum atomic E-state index is 0. The number of hydrogen-bond acceptors (Lipinski definition) is 1. The molecule has 0 aliphatic carbocycles. The average Bonchev–Trinajstić information content (AvgIpc) is 1.38. The van der Waals surface area contributed by atoms with Crippen LogP contribution in [0.3, 0.4) is 0 Å². The summed E-state index contributed by atoms with van der Waals surface area (Å²) in [4.78, 5) is 0. The zero-order valence-electron chi connectivity index (χ0n) is 4.64. The molecule has 0 aromatic heterocycles. The van der Waals surface area contributed by atoms with Crippen LogP contribution in [0, 0.1) is 5.92 Å². The molecule has 0 bridgehead atoms. The van der Waals surface area contributed by atoms with Crippen molar-refractivity contribution in [2.75, 3.05) is 6.61 Å². The van der Waals surface area contributed by atoms with Gasteiger partial charge in [-0.05, 0) is 5.92 Å². The van der Waals surface area contributed by atoms with Crippen molar-refractivity contribution in [2.24, 2.45) is 5.92 Å². The molecule has 0 radical (unpaired) electrons. The Kier molecular flexibility index (Phi) is 22.9. The van der Waals surface area contributed by atoms with Gasteiger partial charge in [0.15, 0.2) is 0 Å². The maximum absolute atomic E-state index is 8.14. The van der Waals surface area contributed by atoms with Gasteiger partial charge in [0.05, 0.1) is 0 Å². The van der Waals surface area contributed by atoms with Gasteiger partial charge in [-0.1, -0.05) is 13.8 Å². The molecule has 0 unspecified atom stereocenters. The van der Waals surface area contributed by atoms with E-state index in [9.17, 15) is 0 Å². The smallest absolute Gasteiger partial charge is 0.0453 e. The zero-order valence-corrected chi connectivity index (χ0v) is 7.91. The fourth-order valence-corrected chi connectivity index (χ4v) is 0. The summed E-state index contributed by atoms with van der Waals surface area (Å²) >= 11 is 0. The van der Waals surface area contributed by atoms with Crippen molar-refractivity contribution in [1.29, 1.82) is 0 Å². The van der Waals surface area contributed by atoms with Crippen molar-refractivity contribution in [3.63, 3.8) is 0 Å². The maximum Gasteiger partial charge on any atom is 0.0453 e. The maximum atomic E-state index is 8.14. The van der Waals surface area contributed by atoms with Gasteiger partial charge in [-0.15, -0.1) is 17.0 Å². The predicted molar refractivity (Wildman–Crippen MR) is 32.2 cm³/mol. The molecule has 7 heavy (non-hydrogen) atoms. The first-order valence-corrected chi connectivity index (χ1v) is 1.88. The molecule has 0 atom stereocenters. The summed E-state index contributed by atoms with van der Waals surface area (Å²) in [5, 5.41) is 8.14. The third-order valence-corrected chi connectivity index (χ3v) is 0.365. The second-order valence-corrected chi connectivity index (χ2v) is 1.58. The van der Waals surface area contributed by atoms with Crippen molar-refractivity contribution in [3.05, 3.63) is 0 Å². The summed E-state index contributed by atoms with van der Waals surface area (Å²) in [6, 6.07) is 0. The molecule has 44 valence electrons. The second-order valence-electron chi connectivity index (χ2n) is 1.58. The van der Waals surface area contributed by atoms with Crippen molar-refractivity contribution in [3.8, 4) is 0 Å². The second kappa shape index (κ2) is 10.2. The van der Waals surface area contributed by atoms with Gasteiger partial charge in [0, 0.05) is 28.3 Å². The molecule has 0 aromatic carbocycles. The van der Waals surface area contributed by atoms with Gasteiger partial charge in [-0.25, -0.2) is 0 Å². The molecule has 3 heteroatoms. The summed E-state index contributed by atoms with van der Waals surface area (Å²) in [6.07, 6.45) is 0. The molecule has 0 rings (SSSR count). The summed E-state index contributed by atoms with van der Waals surface area (Å²) in [6.45, 7) is 4.25. The van der Waals surface area contributed by atoms with Crippen molar-refractivity contribution >= 4 is 17.0 Å². The molecular weight excluding hydrogens is 192 g/mol. The average molecular weight is 203 g/mol. The van der Waals surface area contributed by atoms with Crippen LogP contribution in [0.5, 0.6) is 0 Å². The van der Waals surface area contributed by atoms with Crippen LogP contribution in [0.4, 0.5) is 0 Å². The van der Waals surface area contributed by atoms with E-state index in [4.69, 9.17) is 5.11 Å². The summed E-state index contributed by atoms with van der Waals surface area (Å²) in [5.41, 5.74) is 0. The molecule has 0 fully saturated rings. The molecule has 1 nitrogen and oxygen atoms in total. The van der Waals surface area contributed by atoms with E-state index in [1.54, 1.807) is 0 Å². The first-order chi connectivity index (χ1) is 2.27. The Bertz CT molecular complexity index is 25.7. The minimum Gasteiger partial charge on any atom is -0.396 e. The molecule has 0 spiro atoms. The summed E-state index contributed by atoms with van der Waals surface area (Å²) in [5.74, 6) is 0.440. The molecule has 0 saturated carbocycles. The van der Waals surface area contributed by atoms with E-state index in [0.29, 0.717) is 12.5 Å². The Morgan fingerprint density at radius 1 is 1.43 bits per heavy atom. The number of rotatable bonds is 1. The van der Waals surface area contributed by atoms with Gasteiger partial charge in [-0.2, -0.15) is 0 Å². The fourth-order valence-electron chi connectivity index (χ4n) is 0. The Morgan fingerprint density at radius 3 is 1.57 bits per heavy atom. The van der Waals surface area contributed by atoms with E-state index in [2.05, 4.69) is 0 Å². The quantitative estimate of drug-likeness (QED) is 0.635. The van der Waals surface area contributed by atoms with Gasteiger partial charge in [0.25, 0.3) is 0 Å². The predicted octanol–water partition coefficient (Wildman–Crippen LogP) is 1.21. The van der Waals surface area contributed by atoms with E-state index in [1.807, 2.05) is 13.8 Å². The third kappa shape index (κ3) is 19.1. The van der Waals surface area contributed by atoms with Crippen molar-refractivity contribution in [1.82, 2.24) is 0 Å². The number of halogens is 1. The SMILES string of the molecule is Br.CC(C)CO.[Ti]. The first-order valence-electron chi connectivity index (χ1n) is 1.88. The van der Waals surface area contributed by atoms with Gasteiger partial charge in [0.2, 0.25) is 0 Å². The molecule has 1 N–H and O–H groups in total. The molecule has 0 amide bonds. The van der Waals surface area contributed by atoms with E-state index in [0.717, 1.165) is 0 Å². The van der Waals surface area contributed by atoms with Gasteiger partial charge >= 0.3 is 0 Å². The van der Waals surface area contributed by atoms with Crippen LogP contribution in [0.15, 0.2) is 0 Å². The van der Waals surface area contributed by atoms with Crippen LogP contribution >= 0.6 is 17.0 Å². The van der Waals surface area contributed by atoms with Crippen LogP contribution in [-0.4, -0.2) is 11.7 Å². The third-order valence-electron chi connectivity index (χ3n) is 0.365. The van der Waals surface area contributed by atoms with Crippen molar-refractivity contribution < 1.29 is 26.8 Å². The topological polar surface area (TPSA) is 20.2 Å². The monoisotopic (exact) mass is 202 g/mol. The molecule has 0 heterocycles. The largest absolute Gasteiger partial charge is 0.396 e. The Labute approximate surface area is 70.1 Å². The van der Waals surface area contributed by atoms with Gasteiger partial charge in [0.1, 0.15) is 0 Å². The molecular formula is C4H11BrOTi. The molecule has 0 saturated heterocycles. The first kappa shape index (κ1) is 15.7. The van der Waals surface area contributed by atoms with E-state index < -0.39 is 0 Å². The number of aliphatic hydroxyl groups is 1. The number of hydrogen-bond donors (Lipinski definition) is 1. The van der Waals surface area contributed by atoms with Crippen LogP contribution < -0.4 is 0 Å². The van der Waals surface area contributed by atoms with E-state index >= 15 is 0 Å². The van der Waals surface area contributed by atoms with Gasteiger partial charge in [-0.3, -0.25) is 0 Å². The molecule has 0 aliphatic rings. The van der Waals surface area contributed by atoms with Crippen molar-refractivity contribution in [2.45, 2.75) is 13.8 Å². The van der Waals surface area contributed by atoms with Crippen LogP contribution in [0.2, 0.25) is 0 Å². The minimum absolute atomic E-state index is 0. The fraction of sp³-hybridized carbons (Fsp3) is 1.00. The number of aliphatic hydroxyl groups excluding tert-OH is 1. The molecule has 0 aliphatic heterocycles. The Hall–Kier alpha value is 1.15. The van der Waals surface area contributed by atoms with Crippen LogP contribution in [0.1, 0.15) is 13.8 Å². The molecule has 0 aromatic rings. The van der Waals surface area contributed by atoms with E-state index in [1.165, 1.54) is 0 Å². The Balaban J connectivity index is -0.0000000800. The van der Waals surface area contributed by atoms with Crippen LogP contribution in [-0.2, 0) is 21.7 Å². The van der Waals surface area contributed by atoms with Crippen LogP contribution in [0.25, 0.3) is 0 Å².